The molecule has 5 N–H and O–H groups in total. The van der Waals surface area contributed by atoms with Crippen LogP contribution in [0.4, 0.5) is 37.7 Å². The number of carbonyl (C=O) groups excluding carboxylic acids is 1. The van der Waals surface area contributed by atoms with Gasteiger partial charge in [0, 0.05) is 12.0 Å². The Morgan fingerprint density at radius 1 is 1.23 bits per heavy atom. The fraction of sp³-hybridized carbons (Fsp3) is 0.417. The number of benzene rings is 1. The number of alkyl halides is 5. The molecule has 1 aromatic carbocycles. The smallest absolute Gasteiger partial charge is 0.397 e. The zero-order chi connectivity index (χ0) is 17.1. The summed E-state index contributed by atoms with van der Waals surface area (Å²) in [6, 6.07) is 2.03. The van der Waals surface area contributed by atoms with Crippen LogP contribution in [0.15, 0.2) is 12.1 Å². The Morgan fingerprint density at radius 2 is 1.82 bits per heavy atom. The van der Waals surface area contributed by atoms with E-state index in [0.717, 1.165) is 12.1 Å². The first-order chi connectivity index (χ1) is 10.0. The van der Waals surface area contributed by atoms with Crippen LogP contribution in [0.25, 0.3) is 0 Å². The van der Waals surface area contributed by atoms with Crippen molar-refractivity contribution in [1.29, 1.82) is 0 Å². The second-order valence-electron chi connectivity index (χ2n) is 4.48. The van der Waals surface area contributed by atoms with Gasteiger partial charge in [0.1, 0.15) is 6.54 Å². The summed E-state index contributed by atoms with van der Waals surface area (Å²) in [6.45, 7) is -1.71. The summed E-state index contributed by atoms with van der Waals surface area (Å²) in [4.78, 5) is 11.7. The largest absolute Gasteiger partial charge is 0.405 e. The summed E-state index contributed by atoms with van der Waals surface area (Å²) in [5.41, 5.74) is 9.35. The number of nitrogens with two attached hydrogens (primary N) is 2. The molecule has 0 aliphatic rings. The van der Waals surface area contributed by atoms with Crippen molar-refractivity contribution in [1.82, 2.24) is 5.32 Å². The molecule has 1 amide bonds. The van der Waals surface area contributed by atoms with Crippen LogP contribution >= 0.6 is 0 Å². The predicted octanol–water partition coefficient (Wildman–Crippen LogP) is 2.41. The van der Waals surface area contributed by atoms with E-state index in [1.807, 2.05) is 0 Å². The average molecular weight is 329 g/mol. The molecular weight excluding hydrogens is 316 g/mol. The fourth-order valence-corrected chi connectivity index (χ4v) is 1.76. The summed E-state index contributed by atoms with van der Waals surface area (Å²) in [5, 5.41) is 1.45. The topological polar surface area (TPSA) is 81.1 Å². The van der Waals surface area contributed by atoms with Gasteiger partial charge in [-0.1, -0.05) is 6.07 Å². The van der Waals surface area contributed by atoms with Crippen LogP contribution in [0.3, 0.4) is 0 Å². The molecule has 1 rings (SSSR count). The van der Waals surface area contributed by atoms with E-state index in [0.29, 0.717) is 0 Å². The standard InChI is InChI=1S/C12H13F6N3O/c13-8(14)3-6(11(22)21-4-12(16,17)18)5-1-2-7(19)10(20)9(5)15/h1-2,6,8H,3-4,19-20H2,(H,21,22)/t6-/m0/s1. The lowest BCUT2D eigenvalue weighted by molar-refractivity contribution is -0.139. The maximum atomic E-state index is 13.9. The number of anilines is 2. The van der Waals surface area contributed by atoms with E-state index in [1.54, 1.807) is 0 Å². The third kappa shape index (κ3) is 4.71. The zero-order valence-electron chi connectivity index (χ0n) is 11.1. The molecule has 0 unspecified atom stereocenters. The Kier molecular flexibility index (Phi) is 5.50. The van der Waals surface area contributed by atoms with Crippen molar-refractivity contribution < 1.29 is 31.1 Å². The maximum Gasteiger partial charge on any atom is 0.405 e. The van der Waals surface area contributed by atoms with Crippen LogP contribution in [0.5, 0.6) is 0 Å². The van der Waals surface area contributed by atoms with Gasteiger partial charge in [-0.2, -0.15) is 13.2 Å². The number of nitrogen functional groups attached to an aromatic ring is 2. The highest BCUT2D eigenvalue weighted by Crippen LogP contribution is 2.31. The third-order valence-electron chi connectivity index (χ3n) is 2.81. The van der Waals surface area contributed by atoms with Crippen molar-refractivity contribution in [2.45, 2.75) is 24.9 Å². The average Bonchev–Trinajstić information content (AvgIpc) is 2.39. The van der Waals surface area contributed by atoms with E-state index in [-0.39, 0.29) is 5.69 Å². The van der Waals surface area contributed by atoms with E-state index >= 15 is 0 Å². The number of nitrogens with one attached hydrogen (secondary N) is 1. The Bertz CT molecular complexity index is 546. The quantitative estimate of drug-likeness (QED) is 0.573. The van der Waals surface area contributed by atoms with E-state index < -0.39 is 54.5 Å². The normalized spacial score (nSPS) is 13.2. The molecule has 0 saturated heterocycles. The number of rotatable bonds is 5. The first kappa shape index (κ1) is 17.9. The van der Waals surface area contributed by atoms with Gasteiger partial charge < -0.3 is 16.8 Å². The molecule has 10 heteroatoms. The Balaban J connectivity index is 3.08. The minimum absolute atomic E-state index is 0.173. The maximum absolute atomic E-state index is 13.9. The van der Waals surface area contributed by atoms with Gasteiger partial charge >= 0.3 is 6.18 Å². The number of hydrogen-bond acceptors (Lipinski definition) is 3. The third-order valence-corrected chi connectivity index (χ3v) is 2.81. The lowest BCUT2D eigenvalue weighted by atomic mass is 9.93. The van der Waals surface area contributed by atoms with Gasteiger partial charge in [-0.3, -0.25) is 4.79 Å². The summed E-state index contributed by atoms with van der Waals surface area (Å²) in [6.07, 6.45) is -8.90. The highest BCUT2D eigenvalue weighted by molar-refractivity contribution is 5.84. The summed E-state index contributed by atoms with van der Waals surface area (Å²) < 4.78 is 75.2. The van der Waals surface area contributed by atoms with Crippen LogP contribution in [0.1, 0.15) is 17.9 Å². The van der Waals surface area contributed by atoms with Gasteiger partial charge in [-0.15, -0.1) is 0 Å². The molecule has 0 aromatic heterocycles. The van der Waals surface area contributed by atoms with Crippen LogP contribution in [-0.2, 0) is 4.79 Å². The van der Waals surface area contributed by atoms with Crippen molar-refractivity contribution in [3.8, 4) is 0 Å². The van der Waals surface area contributed by atoms with Gasteiger partial charge in [0.2, 0.25) is 12.3 Å². The van der Waals surface area contributed by atoms with Crippen LogP contribution in [-0.4, -0.2) is 25.1 Å². The Labute approximate surface area is 121 Å². The van der Waals surface area contributed by atoms with Crippen LogP contribution in [0.2, 0.25) is 0 Å². The van der Waals surface area contributed by atoms with Gasteiger partial charge in [0.25, 0.3) is 0 Å². The molecular formula is C12H13F6N3O. The molecule has 124 valence electrons. The summed E-state index contributed by atoms with van der Waals surface area (Å²) in [5.74, 6) is -4.39. The van der Waals surface area contributed by atoms with Crippen molar-refractivity contribution in [3.05, 3.63) is 23.5 Å². The fourth-order valence-electron chi connectivity index (χ4n) is 1.76. The molecule has 0 saturated carbocycles. The summed E-state index contributed by atoms with van der Waals surface area (Å²) in [7, 11) is 0. The molecule has 0 aliphatic carbocycles. The molecule has 22 heavy (non-hydrogen) atoms. The Morgan fingerprint density at radius 3 is 2.32 bits per heavy atom. The number of halogens is 6. The predicted molar refractivity (Wildman–Crippen MR) is 67.7 cm³/mol. The molecule has 4 nitrogen and oxygen atoms in total. The number of carbonyl (C=O) groups is 1. The van der Waals surface area contributed by atoms with Crippen molar-refractivity contribution >= 4 is 17.3 Å². The molecule has 0 fully saturated rings. The molecule has 0 heterocycles. The lowest BCUT2D eigenvalue weighted by Crippen LogP contribution is -2.37. The minimum atomic E-state index is -4.72. The monoisotopic (exact) mass is 329 g/mol. The SMILES string of the molecule is Nc1ccc([C@H](CC(F)F)C(=O)NCC(F)(F)F)c(F)c1N. The zero-order valence-corrected chi connectivity index (χ0v) is 11.1. The van der Waals surface area contributed by atoms with Gasteiger partial charge in [-0.05, 0) is 6.07 Å². The number of amides is 1. The molecule has 0 aliphatic heterocycles. The number of hydrogen-bond donors (Lipinski definition) is 3. The van der Waals surface area contributed by atoms with E-state index in [9.17, 15) is 31.1 Å². The van der Waals surface area contributed by atoms with Gasteiger partial charge in [0.05, 0.1) is 17.3 Å². The second kappa shape index (κ2) is 6.75. The van der Waals surface area contributed by atoms with E-state index in [1.165, 1.54) is 5.32 Å². The Hall–Kier alpha value is -2.13. The highest BCUT2D eigenvalue weighted by Gasteiger charge is 2.32. The molecule has 1 atom stereocenters. The first-order valence-electron chi connectivity index (χ1n) is 5.99. The van der Waals surface area contributed by atoms with E-state index in [4.69, 9.17) is 11.5 Å². The summed E-state index contributed by atoms with van der Waals surface area (Å²) >= 11 is 0. The lowest BCUT2D eigenvalue weighted by Gasteiger charge is -2.19. The first-order valence-corrected chi connectivity index (χ1v) is 5.99. The second-order valence-corrected chi connectivity index (χ2v) is 4.48. The van der Waals surface area contributed by atoms with Gasteiger partial charge in [0.15, 0.2) is 5.82 Å². The molecule has 0 radical (unpaired) electrons. The van der Waals surface area contributed by atoms with Gasteiger partial charge in [-0.25, -0.2) is 13.2 Å². The van der Waals surface area contributed by atoms with Crippen molar-refractivity contribution in [2.75, 3.05) is 18.0 Å². The van der Waals surface area contributed by atoms with E-state index in [2.05, 4.69) is 0 Å². The van der Waals surface area contributed by atoms with Crippen LogP contribution in [0, 0.1) is 5.82 Å². The molecule has 0 spiro atoms. The molecule has 0 bridgehead atoms. The van der Waals surface area contributed by atoms with Crippen LogP contribution < -0.4 is 16.8 Å². The van der Waals surface area contributed by atoms with Crippen molar-refractivity contribution in [2.24, 2.45) is 0 Å². The minimum Gasteiger partial charge on any atom is -0.397 e. The highest BCUT2D eigenvalue weighted by atomic mass is 19.4. The van der Waals surface area contributed by atoms with Crippen molar-refractivity contribution in [3.63, 3.8) is 0 Å². The molecule has 1 aromatic rings.